The van der Waals surface area contributed by atoms with E-state index in [-0.39, 0.29) is 10.7 Å². The maximum Gasteiger partial charge on any atom is 0.238 e. The van der Waals surface area contributed by atoms with Crippen LogP contribution in [0.4, 0.5) is 4.39 Å². The van der Waals surface area contributed by atoms with Crippen LogP contribution in [0.3, 0.4) is 0 Å². The Labute approximate surface area is 123 Å². The summed E-state index contributed by atoms with van der Waals surface area (Å²) < 4.78 is 35.6. The van der Waals surface area contributed by atoms with E-state index in [0.717, 1.165) is 16.7 Å². The van der Waals surface area contributed by atoms with Crippen molar-refractivity contribution in [3.05, 3.63) is 65.0 Å². The van der Waals surface area contributed by atoms with Gasteiger partial charge in [-0.3, -0.25) is 0 Å². The molecule has 0 fully saturated rings. The lowest BCUT2D eigenvalue weighted by Crippen LogP contribution is -2.15. The molecule has 112 valence electrons. The van der Waals surface area contributed by atoms with Gasteiger partial charge in [-0.15, -0.1) is 0 Å². The maximum absolute atomic E-state index is 13.0. The first kappa shape index (κ1) is 15.6. The lowest BCUT2D eigenvalue weighted by Gasteiger charge is -2.09. The summed E-state index contributed by atoms with van der Waals surface area (Å²) in [5, 5.41) is 8.29. The summed E-state index contributed by atoms with van der Waals surface area (Å²) in [5.41, 5.74) is 2.70. The molecule has 2 rings (SSSR count). The lowest BCUT2D eigenvalue weighted by atomic mass is 10.1. The van der Waals surface area contributed by atoms with Crippen LogP contribution in [0.25, 0.3) is 0 Å². The molecule has 0 spiro atoms. The molecule has 2 aromatic rings. The molecule has 3 N–H and O–H groups in total. The molecule has 0 radical (unpaired) electrons. The molecule has 0 aromatic heterocycles. The van der Waals surface area contributed by atoms with Gasteiger partial charge in [0.15, 0.2) is 0 Å². The molecule has 0 saturated carbocycles. The highest BCUT2D eigenvalue weighted by molar-refractivity contribution is 7.89. The first-order chi connectivity index (χ1) is 9.86. The predicted octanol–water partition coefficient (Wildman–Crippen LogP) is 2.07. The summed E-state index contributed by atoms with van der Waals surface area (Å²) in [4.78, 5) is 0.0970. The highest BCUT2D eigenvalue weighted by Crippen LogP contribution is 2.12. The van der Waals surface area contributed by atoms with Crippen LogP contribution in [0, 0.1) is 12.7 Å². The summed E-state index contributed by atoms with van der Waals surface area (Å²) in [5.74, 6) is -0.253. The Morgan fingerprint density at radius 2 is 1.90 bits per heavy atom. The fraction of sp³-hybridized carbons (Fsp3) is 0.200. The Morgan fingerprint density at radius 3 is 2.57 bits per heavy atom. The van der Waals surface area contributed by atoms with Gasteiger partial charge in [-0.1, -0.05) is 18.2 Å². The number of halogens is 1. The number of primary sulfonamides is 1. The highest BCUT2D eigenvalue weighted by atomic mass is 32.2. The third kappa shape index (κ3) is 4.35. The van der Waals surface area contributed by atoms with Gasteiger partial charge in [0.05, 0.1) is 4.90 Å². The predicted molar refractivity (Wildman–Crippen MR) is 79.5 cm³/mol. The molecule has 0 atom stereocenters. The largest absolute Gasteiger partial charge is 0.309 e. The minimum absolute atomic E-state index is 0.0970. The summed E-state index contributed by atoms with van der Waals surface area (Å²) in [7, 11) is -3.68. The average Bonchev–Trinajstić information content (AvgIpc) is 2.41. The normalized spacial score (nSPS) is 11.6. The zero-order valence-corrected chi connectivity index (χ0v) is 12.5. The van der Waals surface area contributed by atoms with Crippen LogP contribution in [-0.4, -0.2) is 8.42 Å². The first-order valence-corrected chi connectivity index (χ1v) is 7.98. The van der Waals surface area contributed by atoms with E-state index in [1.54, 1.807) is 18.2 Å². The topological polar surface area (TPSA) is 72.2 Å². The van der Waals surface area contributed by atoms with Crippen LogP contribution in [0.2, 0.25) is 0 Å². The number of hydrogen-bond acceptors (Lipinski definition) is 3. The van der Waals surface area contributed by atoms with Crippen LogP contribution < -0.4 is 10.5 Å². The Morgan fingerprint density at radius 1 is 1.14 bits per heavy atom. The fourth-order valence-electron chi connectivity index (χ4n) is 2.03. The molecule has 21 heavy (non-hydrogen) atoms. The Balaban J connectivity index is 2.01. The average molecular weight is 308 g/mol. The fourth-order valence-corrected chi connectivity index (χ4v) is 2.62. The van der Waals surface area contributed by atoms with Gasteiger partial charge in [0, 0.05) is 13.1 Å². The van der Waals surface area contributed by atoms with E-state index in [0.29, 0.717) is 13.1 Å². The van der Waals surface area contributed by atoms with Gasteiger partial charge in [0.1, 0.15) is 5.82 Å². The van der Waals surface area contributed by atoms with E-state index in [2.05, 4.69) is 5.32 Å². The van der Waals surface area contributed by atoms with E-state index in [1.165, 1.54) is 18.2 Å². The van der Waals surface area contributed by atoms with Crippen LogP contribution in [0.15, 0.2) is 47.4 Å². The smallest absolute Gasteiger partial charge is 0.238 e. The van der Waals surface area contributed by atoms with E-state index in [9.17, 15) is 12.8 Å². The number of hydrogen-bond donors (Lipinski definition) is 2. The second-order valence-corrected chi connectivity index (χ2v) is 6.43. The molecule has 0 aliphatic heterocycles. The number of benzene rings is 2. The summed E-state index contributed by atoms with van der Waals surface area (Å²) in [6.45, 7) is 2.92. The molecular weight excluding hydrogens is 291 g/mol. The van der Waals surface area contributed by atoms with Crippen molar-refractivity contribution in [3.8, 4) is 0 Å². The van der Waals surface area contributed by atoms with Crippen LogP contribution >= 0.6 is 0 Å². The van der Waals surface area contributed by atoms with Gasteiger partial charge in [-0.05, 0) is 47.9 Å². The third-order valence-electron chi connectivity index (χ3n) is 3.18. The molecule has 0 amide bonds. The van der Waals surface area contributed by atoms with Crippen molar-refractivity contribution >= 4 is 10.0 Å². The van der Waals surface area contributed by atoms with E-state index < -0.39 is 10.0 Å². The van der Waals surface area contributed by atoms with Crippen molar-refractivity contribution in [1.29, 1.82) is 0 Å². The van der Waals surface area contributed by atoms with Crippen molar-refractivity contribution in [3.63, 3.8) is 0 Å². The Kier molecular flexibility index (Phi) is 4.72. The molecule has 4 nitrogen and oxygen atoms in total. The van der Waals surface area contributed by atoms with Gasteiger partial charge >= 0.3 is 0 Å². The minimum atomic E-state index is -3.68. The molecule has 0 unspecified atom stereocenters. The monoisotopic (exact) mass is 308 g/mol. The van der Waals surface area contributed by atoms with Crippen LogP contribution in [-0.2, 0) is 23.1 Å². The standard InChI is InChI=1S/C15H17FN2O2S/c1-11-7-14(16)6-5-13(11)10-18-9-12-3-2-4-15(8-12)21(17,19)20/h2-8,18H,9-10H2,1H3,(H2,17,19,20). The van der Waals surface area contributed by atoms with Gasteiger partial charge < -0.3 is 5.32 Å². The van der Waals surface area contributed by atoms with Gasteiger partial charge in [-0.2, -0.15) is 0 Å². The number of sulfonamides is 1. The summed E-state index contributed by atoms with van der Waals surface area (Å²) in [6, 6.07) is 11.1. The third-order valence-corrected chi connectivity index (χ3v) is 4.09. The number of aryl methyl sites for hydroxylation is 1. The molecular formula is C15H17FN2O2S. The molecule has 0 aliphatic carbocycles. The molecule has 0 saturated heterocycles. The SMILES string of the molecule is Cc1cc(F)ccc1CNCc1cccc(S(N)(=O)=O)c1. The van der Waals surface area contributed by atoms with Crippen molar-refractivity contribution in [2.24, 2.45) is 5.14 Å². The minimum Gasteiger partial charge on any atom is -0.309 e. The van der Waals surface area contributed by atoms with E-state index in [4.69, 9.17) is 5.14 Å². The quantitative estimate of drug-likeness (QED) is 0.888. The summed E-state index contributed by atoms with van der Waals surface area (Å²) >= 11 is 0. The first-order valence-electron chi connectivity index (χ1n) is 6.44. The Bertz CT molecular complexity index is 745. The maximum atomic E-state index is 13.0. The Hall–Kier alpha value is -1.76. The summed E-state index contributed by atoms with van der Waals surface area (Å²) in [6.07, 6.45) is 0. The number of rotatable bonds is 5. The highest BCUT2D eigenvalue weighted by Gasteiger charge is 2.07. The molecule has 0 heterocycles. The van der Waals surface area contributed by atoms with Gasteiger partial charge in [-0.25, -0.2) is 17.9 Å². The molecule has 0 aliphatic rings. The van der Waals surface area contributed by atoms with Gasteiger partial charge in [0.2, 0.25) is 10.0 Å². The van der Waals surface area contributed by atoms with Gasteiger partial charge in [0.25, 0.3) is 0 Å². The van der Waals surface area contributed by atoms with E-state index in [1.807, 2.05) is 13.0 Å². The van der Waals surface area contributed by atoms with E-state index >= 15 is 0 Å². The molecule has 0 bridgehead atoms. The van der Waals surface area contributed by atoms with Crippen molar-refractivity contribution in [1.82, 2.24) is 5.32 Å². The lowest BCUT2D eigenvalue weighted by molar-refractivity contribution is 0.597. The molecule has 6 heteroatoms. The number of nitrogens with one attached hydrogen (secondary N) is 1. The second kappa shape index (κ2) is 6.34. The van der Waals surface area contributed by atoms with Crippen molar-refractivity contribution < 1.29 is 12.8 Å². The zero-order chi connectivity index (χ0) is 15.5. The zero-order valence-electron chi connectivity index (χ0n) is 11.6. The number of nitrogens with two attached hydrogens (primary N) is 1. The van der Waals surface area contributed by atoms with Crippen LogP contribution in [0.5, 0.6) is 0 Å². The van der Waals surface area contributed by atoms with Crippen LogP contribution in [0.1, 0.15) is 16.7 Å². The van der Waals surface area contributed by atoms with Crippen molar-refractivity contribution in [2.75, 3.05) is 0 Å². The second-order valence-electron chi connectivity index (χ2n) is 4.87. The molecule has 2 aromatic carbocycles. The van der Waals surface area contributed by atoms with Crippen molar-refractivity contribution in [2.45, 2.75) is 24.9 Å².